The number of nitrogens with zero attached hydrogens (tertiary/aromatic N) is 1. The van der Waals surface area contributed by atoms with Crippen LogP contribution in [0.5, 0.6) is 11.5 Å². The van der Waals surface area contributed by atoms with Gasteiger partial charge in [0.15, 0.2) is 11.5 Å². The molecule has 0 saturated heterocycles. The third-order valence-electron chi connectivity index (χ3n) is 6.17. The number of para-hydroxylation sites is 1. The molecule has 0 atom stereocenters. The van der Waals surface area contributed by atoms with E-state index in [1.54, 1.807) is 7.11 Å². The van der Waals surface area contributed by atoms with Crippen molar-refractivity contribution in [3.05, 3.63) is 102 Å². The quantitative estimate of drug-likeness (QED) is 0.294. The van der Waals surface area contributed by atoms with Gasteiger partial charge in [-0.1, -0.05) is 73.7 Å². The van der Waals surface area contributed by atoms with E-state index in [-0.39, 0.29) is 5.91 Å². The summed E-state index contributed by atoms with van der Waals surface area (Å²) in [5.74, 6) is 1.35. The van der Waals surface area contributed by atoms with Gasteiger partial charge >= 0.3 is 0 Å². The average molecular weight is 450 g/mol. The van der Waals surface area contributed by atoms with Crippen molar-refractivity contribution >= 4 is 34.0 Å². The number of hydrogen-bond donors (Lipinski definition) is 0. The summed E-state index contributed by atoms with van der Waals surface area (Å²) in [7, 11) is 1.63. The van der Waals surface area contributed by atoms with Gasteiger partial charge in [-0.25, -0.2) is 0 Å². The molecule has 1 heterocycles. The smallest absolute Gasteiger partial charge is 0.258 e. The van der Waals surface area contributed by atoms with E-state index in [1.807, 2.05) is 71.6 Å². The number of benzene rings is 4. The Morgan fingerprint density at radius 2 is 1.68 bits per heavy atom. The molecule has 1 aliphatic heterocycles. The van der Waals surface area contributed by atoms with Crippen LogP contribution in [0.25, 0.3) is 22.4 Å². The highest BCUT2D eigenvalue weighted by Crippen LogP contribution is 2.38. The van der Waals surface area contributed by atoms with Crippen LogP contribution in [0.1, 0.15) is 30.0 Å². The second-order valence-electron chi connectivity index (χ2n) is 8.37. The van der Waals surface area contributed by atoms with Crippen molar-refractivity contribution < 1.29 is 14.3 Å². The third-order valence-corrected chi connectivity index (χ3v) is 6.17. The van der Waals surface area contributed by atoms with Gasteiger partial charge in [-0.15, -0.1) is 0 Å². The standard InChI is InChI=1S/C30H27NO3/c1-3-17-31-27-14-7-6-13-25(27)26(30(31)32)18-21-15-16-28(29(19-21)33-2)34-20-23-11-8-10-22-9-4-5-12-24(22)23/h4-16,18-19H,3,17,20H2,1-2H3/b26-18-. The van der Waals surface area contributed by atoms with Crippen molar-refractivity contribution in [3.63, 3.8) is 0 Å². The van der Waals surface area contributed by atoms with E-state index in [0.29, 0.717) is 30.2 Å². The van der Waals surface area contributed by atoms with E-state index in [2.05, 4.69) is 31.2 Å². The monoisotopic (exact) mass is 449 g/mol. The van der Waals surface area contributed by atoms with E-state index < -0.39 is 0 Å². The highest BCUT2D eigenvalue weighted by atomic mass is 16.5. The van der Waals surface area contributed by atoms with Gasteiger partial charge in [0.1, 0.15) is 6.61 Å². The van der Waals surface area contributed by atoms with E-state index in [9.17, 15) is 4.79 Å². The van der Waals surface area contributed by atoms with E-state index in [1.165, 1.54) is 10.8 Å². The zero-order chi connectivity index (χ0) is 23.5. The Kier molecular flexibility index (Phi) is 6.05. The first-order valence-electron chi connectivity index (χ1n) is 11.6. The van der Waals surface area contributed by atoms with Gasteiger partial charge in [-0.05, 0) is 52.6 Å². The second-order valence-corrected chi connectivity index (χ2v) is 8.37. The summed E-state index contributed by atoms with van der Waals surface area (Å²) in [6.07, 6.45) is 2.84. The van der Waals surface area contributed by atoms with Crippen molar-refractivity contribution in [2.75, 3.05) is 18.6 Å². The van der Waals surface area contributed by atoms with Gasteiger partial charge in [-0.3, -0.25) is 4.79 Å². The molecule has 4 aromatic rings. The summed E-state index contributed by atoms with van der Waals surface area (Å²) in [5, 5.41) is 2.37. The lowest BCUT2D eigenvalue weighted by Crippen LogP contribution is -2.26. The second kappa shape index (κ2) is 9.44. The molecule has 0 bridgehead atoms. The molecule has 0 unspecified atom stereocenters. The molecule has 4 aromatic carbocycles. The van der Waals surface area contributed by atoms with Gasteiger partial charge in [-0.2, -0.15) is 0 Å². The molecule has 4 nitrogen and oxygen atoms in total. The molecule has 0 N–H and O–H groups in total. The number of fused-ring (bicyclic) bond motifs is 2. The highest BCUT2D eigenvalue weighted by Gasteiger charge is 2.31. The predicted octanol–water partition coefficient (Wildman–Crippen LogP) is 6.72. The largest absolute Gasteiger partial charge is 0.493 e. The number of hydrogen-bond acceptors (Lipinski definition) is 3. The minimum absolute atomic E-state index is 0.0401. The molecule has 4 heteroatoms. The summed E-state index contributed by atoms with van der Waals surface area (Å²) >= 11 is 0. The molecule has 0 aliphatic carbocycles. The minimum Gasteiger partial charge on any atom is -0.493 e. The van der Waals surface area contributed by atoms with Gasteiger partial charge in [0.25, 0.3) is 5.91 Å². The summed E-state index contributed by atoms with van der Waals surface area (Å²) in [6.45, 7) is 3.23. The van der Waals surface area contributed by atoms with Crippen LogP contribution in [-0.4, -0.2) is 19.6 Å². The molecule has 5 rings (SSSR count). The third kappa shape index (κ3) is 4.03. The molecule has 0 aromatic heterocycles. The molecular weight excluding hydrogens is 422 g/mol. The van der Waals surface area contributed by atoms with Crippen molar-refractivity contribution in [1.82, 2.24) is 0 Å². The van der Waals surface area contributed by atoms with Gasteiger partial charge in [0.05, 0.1) is 12.8 Å². The fourth-order valence-corrected chi connectivity index (χ4v) is 4.53. The van der Waals surface area contributed by atoms with Crippen LogP contribution in [0.2, 0.25) is 0 Å². The fourth-order valence-electron chi connectivity index (χ4n) is 4.53. The molecule has 34 heavy (non-hydrogen) atoms. The zero-order valence-corrected chi connectivity index (χ0v) is 19.5. The van der Waals surface area contributed by atoms with Crippen LogP contribution in [0.15, 0.2) is 84.9 Å². The average Bonchev–Trinajstić information content (AvgIpc) is 3.14. The molecule has 0 saturated carbocycles. The Labute approximate surface area is 200 Å². The Morgan fingerprint density at radius 1 is 0.882 bits per heavy atom. The lowest BCUT2D eigenvalue weighted by Gasteiger charge is -2.15. The number of carbonyl (C=O) groups is 1. The first-order chi connectivity index (χ1) is 16.7. The van der Waals surface area contributed by atoms with Crippen LogP contribution < -0.4 is 14.4 Å². The summed E-state index contributed by atoms with van der Waals surface area (Å²) in [5.41, 5.74) is 4.66. The molecule has 0 spiro atoms. The SMILES string of the molecule is CCCN1C(=O)/C(=C\c2ccc(OCc3cccc4ccccc34)c(OC)c2)c2ccccc21. The first kappa shape index (κ1) is 21.8. The molecular formula is C30H27NO3. The van der Waals surface area contributed by atoms with E-state index in [0.717, 1.165) is 28.8 Å². The molecule has 1 aliphatic rings. The van der Waals surface area contributed by atoms with Crippen molar-refractivity contribution in [1.29, 1.82) is 0 Å². The number of methoxy groups -OCH3 is 1. The van der Waals surface area contributed by atoms with Crippen molar-refractivity contribution in [2.24, 2.45) is 0 Å². The molecule has 0 fully saturated rings. The molecule has 0 radical (unpaired) electrons. The van der Waals surface area contributed by atoms with Crippen LogP contribution in [0.3, 0.4) is 0 Å². The maximum Gasteiger partial charge on any atom is 0.258 e. The Balaban J connectivity index is 1.42. The molecule has 1 amide bonds. The number of amides is 1. The van der Waals surface area contributed by atoms with Crippen molar-refractivity contribution in [2.45, 2.75) is 20.0 Å². The Morgan fingerprint density at radius 3 is 2.53 bits per heavy atom. The lowest BCUT2D eigenvalue weighted by molar-refractivity contribution is -0.113. The minimum atomic E-state index is 0.0401. The first-order valence-corrected chi connectivity index (χ1v) is 11.6. The van der Waals surface area contributed by atoms with Crippen LogP contribution in [0.4, 0.5) is 5.69 Å². The number of ether oxygens (including phenoxy) is 2. The molecule has 170 valence electrons. The van der Waals surface area contributed by atoms with Crippen LogP contribution >= 0.6 is 0 Å². The lowest BCUT2D eigenvalue weighted by atomic mass is 10.0. The maximum absolute atomic E-state index is 13.1. The summed E-state index contributed by atoms with van der Waals surface area (Å²) in [4.78, 5) is 15.0. The van der Waals surface area contributed by atoms with Crippen LogP contribution in [0, 0.1) is 0 Å². The number of carbonyl (C=O) groups excluding carboxylic acids is 1. The fraction of sp³-hybridized carbons (Fsp3) is 0.167. The van der Waals surface area contributed by atoms with E-state index in [4.69, 9.17) is 9.47 Å². The number of rotatable bonds is 7. The summed E-state index contributed by atoms with van der Waals surface area (Å²) in [6, 6.07) is 28.3. The number of anilines is 1. The zero-order valence-electron chi connectivity index (χ0n) is 19.5. The van der Waals surface area contributed by atoms with Gasteiger partial charge in [0, 0.05) is 17.7 Å². The Bertz CT molecular complexity index is 1380. The van der Waals surface area contributed by atoms with Gasteiger partial charge in [0.2, 0.25) is 0 Å². The Hall–Kier alpha value is -4.05. The summed E-state index contributed by atoms with van der Waals surface area (Å²) < 4.78 is 11.8. The highest BCUT2D eigenvalue weighted by molar-refractivity contribution is 6.35. The van der Waals surface area contributed by atoms with Gasteiger partial charge < -0.3 is 14.4 Å². The van der Waals surface area contributed by atoms with E-state index >= 15 is 0 Å². The predicted molar refractivity (Wildman–Crippen MR) is 138 cm³/mol. The maximum atomic E-state index is 13.1. The van der Waals surface area contributed by atoms with Crippen LogP contribution in [-0.2, 0) is 11.4 Å². The normalized spacial score (nSPS) is 14.0. The topological polar surface area (TPSA) is 38.8 Å². The van der Waals surface area contributed by atoms with Crippen molar-refractivity contribution in [3.8, 4) is 11.5 Å².